The van der Waals surface area contributed by atoms with Gasteiger partial charge in [-0.05, 0) is 20.3 Å². The molecule has 0 aromatic heterocycles. The van der Waals surface area contributed by atoms with Gasteiger partial charge < -0.3 is 15.5 Å². The maximum Gasteiger partial charge on any atom is 0.241 e. The Kier molecular flexibility index (Phi) is 5.61. The largest absolute Gasteiger partial charge is 0.355 e. The van der Waals surface area contributed by atoms with E-state index in [1.807, 2.05) is 13.8 Å². The molecule has 0 aromatic rings. The van der Waals surface area contributed by atoms with Gasteiger partial charge in [0.2, 0.25) is 17.7 Å². The van der Waals surface area contributed by atoms with Crippen LogP contribution in [-0.2, 0) is 14.4 Å². The monoisotopic (exact) mass is 255 g/mol. The average Bonchev–Trinajstić information content (AvgIpc) is 2.38. The number of likely N-dealkylation sites (N-methyl/N-ethyl adjacent to an activating group) is 1. The first kappa shape index (κ1) is 14.5. The standard InChI is InChI=1S/C12H21N3O3/c1-3-15(4-2)11(17)8-14-12(18)9-5-6-10(16)13-7-9/h9H,3-8H2,1-2H3,(H,13,16)(H,14,18). The number of nitrogens with zero attached hydrogens (tertiary/aromatic N) is 1. The summed E-state index contributed by atoms with van der Waals surface area (Å²) in [6, 6.07) is 0. The fourth-order valence-corrected chi connectivity index (χ4v) is 1.95. The fourth-order valence-electron chi connectivity index (χ4n) is 1.95. The highest BCUT2D eigenvalue weighted by Gasteiger charge is 2.24. The van der Waals surface area contributed by atoms with Crippen LogP contribution in [0.3, 0.4) is 0 Å². The van der Waals surface area contributed by atoms with Crippen LogP contribution >= 0.6 is 0 Å². The van der Waals surface area contributed by atoms with Crippen LogP contribution in [0.2, 0.25) is 0 Å². The molecule has 6 heteroatoms. The van der Waals surface area contributed by atoms with Crippen molar-refractivity contribution < 1.29 is 14.4 Å². The van der Waals surface area contributed by atoms with Crippen LogP contribution in [0.25, 0.3) is 0 Å². The third-order valence-electron chi connectivity index (χ3n) is 3.17. The molecule has 1 unspecified atom stereocenters. The van der Waals surface area contributed by atoms with Crippen molar-refractivity contribution in [2.75, 3.05) is 26.2 Å². The lowest BCUT2D eigenvalue weighted by Crippen LogP contribution is -2.46. The lowest BCUT2D eigenvalue weighted by Gasteiger charge is -2.23. The SMILES string of the molecule is CCN(CC)C(=O)CNC(=O)C1CCC(=O)NC1. The number of amides is 3. The Hall–Kier alpha value is -1.59. The molecule has 1 heterocycles. The Morgan fingerprint density at radius 3 is 2.56 bits per heavy atom. The molecule has 0 aliphatic carbocycles. The summed E-state index contributed by atoms with van der Waals surface area (Å²) < 4.78 is 0. The minimum atomic E-state index is -0.216. The predicted octanol–water partition coefficient (Wildman–Crippen LogP) is -0.503. The molecule has 3 amide bonds. The number of hydrogen-bond donors (Lipinski definition) is 2. The summed E-state index contributed by atoms with van der Waals surface area (Å²) in [5.41, 5.74) is 0. The quantitative estimate of drug-likeness (QED) is 0.695. The molecule has 1 fully saturated rings. The van der Waals surface area contributed by atoms with E-state index < -0.39 is 0 Å². The molecule has 6 nitrogen and oxygen atoms in total. The zero-order valence-electron chi connectivity index (χ0n) is 11.0. The van der Waals surface area contributed by atoms with Gasteiger partial charge in [-0.3, -0.25) is 14.4 Å². The van der Waals surface area contributed by atoms with Gasteiger partial charge in [0, 0.05) is 26.1 Å². The van der Waals surface area contributed by atoms with E-state index in [1.54, 1.807) is 4.90 Å². The topological polar surface area (TPSA) is 78.5 Å². The van der Waals surface area contributed by atoms with Crippen molar-refractivity contribution in [1.82, 2.24) is 15.5 Å². The van der Waals surface area contributed by atoms with E-state index in [0.29, 0.717) is 32.5 Å². The van der Waals surface area contributed by atoms with Crippen LogP contribution in [-0.4, -0.2) is 48.8 Å². The van der Waals surface area contributed by atoms with E-state index in [2.05, 4.69) is 10.6 Å². The van der Waals surface area contributed by atoms with Gasteiger partial charge in [0.25, 0.3) is 0 Å². The van der Waals surface area contributed by atoms with Crippen LogP contribution in [0.1, 0.15) is 26.7 Å². The van der Waals surface area contributed by atoms with E-state index in [4.69, 9.17) is 0 Å². The summed E-state index contributed by atoms with van der Waals surface area (Å²) >= 11 is 0. The van der Waals surface area contributed by atoms with Crippen molar-refractivity contribution >= 4 is 17.7 Å². The van der Waals surface area contributed by atoms with Crippen molar-refractivity contribution in [2.24, 2.45) is 5.92 Å². The molecule has 1 atom stereocenters. The normalized spacial score (nSPS) is 19.0. The van der Waals surface area contributed by atoms with Crippen LogP contribution in [0.15, 0.2) is 0 Å². The molecule has 1 saturated heterocycles. The van der Waals surface area contributed by atoms with E-state index in [9.17, 15) is 14.4 Å². The van der Waals surface area contributed by atoms with Crippen molar-refractivity contribution in [3.8, 4) is 0 Å². The summed E-state index contributed by atoms with van der Waals surface area (Å²) in [7, 11) is 0. The Bertz CT molecular complexity index is 317. The van der Waals surface area contributed by atoms with Gasteiger partial charge in [0.15, 0.2) is 0 Å². The van der Waals surface area contributed by atoms with Crippen molar-refractivity contribution in [3.63, 3.8) is 0 Å². The Morgan fingerprint density at radius 2 is 2.06 bits per heavy atom. The number of hydrogen-bond acceptors (Lipinski definition) is 3. The highest BCUT2D eigenvalue weighted by molar-refractivity contribution is 5.87. The minimum Gasteiger partial charge on any atom is -0.355 e. The van der Waals surface area contributed by atoms with E-state index in [-0.39, 0.29) is 30.2 Å². The molecule has 102 valence electrons. The average molecular weight is 255 g/mol. The maximum absolute atomic E-state index is 11.8. The second-order valence-corrected chi connectivity index (χ2v) is 4.32. The number of piperidine rings is 1. The summed E-state index contributed by atoms with van der Waals surface area (Å²) in [4.78, 5) is 36.1. The molecule has 2 N–H and O–H groups in total. The molecule has 1 aliphatic heterocycles. The van der Waals surface area contributed by atoms with Crippen molar-refractivity contribution in [2.45, 2.75) is 26.7 Å². The maximum atomic E-state index is 11.8. The molecule has 1 aliphatic rings. The number of carbonyl (C=O) groups is 3. The first-order valence-corrected chi connectivity index (χ1v) is 6.40. The number of rotatable bonds is 5. The molecule has 18 heavy (non-hydrogen) atoms. The van der Waals surface area contributed by atoms with Gasteiger partial charge in [0.1, 0.15) is 0 Å². The summed E-state index contributed by atoms with van der Waals surface area (Å²) in [6.07, 6.45) is 0.930. The molecular formula is C12H21N3O3. The van der Waals surface area contributed by atoms with Crippen molar-refractivity contribution in [3.05, 3.63) is 0 Å². The summed E-state index contributed by atoms with van der Waals surface area (Å²) in [5.74, 6) is -0.464. The van der Waals surface area contributed by atoms with E-state index in [0.717, 1.165) is 0 Å². The number of carbonyl (C=O) groups excluding carboxylic acids is 3. The second kappa shape index (κ2) is 6.98. The van der Waals surface area contributed by atoms with Gasteiger partial charge in [-0.25, -0.2) is 0 Å². The highest BCUT2D eigenvalue weighted by atomic mass is 16.2. The summed E-state index contributed by atoms with van der Waals surface area (Å²) in [5, 5.41) is 5.29. The molecular weight excluding hydrogens is 234 g/mol. The number of nitrogens with one attached hydrogen (secondary N) is 2. The molecule has 0 saturated carbocycles. The lowest BCUT2D eigenvalue weighted by atomic mass is 9.98. The highest BCUT2D eigenvalue weighted by Crippen LogP contribution is 2.10. The van der Waals surface area contributed by atoms with Gasteiger partial charge in [-0.2, -0.15) is 0 Å². The first-order chi connectivity index (χ1) is 8.58. The van der Waals surface area contributed by atoms with E-state index in [1.165, 1.54) is 0 Å². The molecule has 0 spiro atoms. The van der Waals surface area contributed by atoms with Gasteiger partial charge in [0.05, 0.1) is 12.5 Å². The van der Waals surface area contributed by atoms with Gasteiger partial charge in [-0.15, -0.1) is 0 Å². The zero-order valence-corrected chi connectivity index (χ0v) is 11.0. The Morgan fingerprint density at radius 1 is 1.39 bits per heavy atom. The third-order valence-corrected chi connectivity index (χ3v) is 3.17. The molecule has 0 radical (unpaired) electrons. The molecule has 1 rings (SSSR count). The molecule has 0 bridgehead atoms. The van der Waals surface area contributed by atoms with Crippen LogP contribution in [0.4, 0.5) is 0 Å². The fraction of sp³-hybridized carbons (Fsp3) is 0.750. The predicted molar refractivity (Wildman–Crippen MR) is 66.7 cm³/mol. The minimum absolute atomic E-state index is 0.0155. The molecule has 0 aromatic carbocycles. The van der Waals surface area contributed by atoms with Gasteiger partial charge >= 0.3 is 0 Å². The first-order valence-electron chi connectivity index (χ1n) is 6.40. The Balaban J connectivity index is 2.32. The summed E-state index contributed by atoms with van der Waals surface area (Å²) in [6.45, 7) is 5.49. The second-order valence-electron chi connectivity index (χ2n) is 4.32. The smallest absolute Gasteiger partial charge is 0.241 e. The van der Waals surface area contributed by atoms with Crippen LogP contribution in [0.5, 0.6) is 0 Å². The van der Waals surface area contributed by atoms with E-state index >= 15 is 0 Å². The van der Waals surface area contributed by atoms with Crippen LogP contribution in [0, 0.1) is 5.92 Å². The lowest BCUT2D eigenvalue weighted by molar-refractivity contribution is -0.134. The van der Waals surface area contributed by atoms with Crippen molar-refractivity contribution in [1.29, 1.82) is 0 Å². The zero-order chi connectivity index (χ0) is 13.5. The third kappa shape index (κ3) is 4.01. The Labute approximate surface area is 107 Å². The van der Waals surface area contributed by atoms with Gasteiger partial charge in [-0.1, -0.05) is 0 Å². The van der Waals surface area contributed by atoms with Crippen LogP contribution < -0.4 is 10.6 Å².